The SMILES string of the molecule is CCOC(=O)[C@H]1C(=O)c2c(ccn2S(=O)(=O)c2ccc(C)cc2)[C@@H]1c1ccccc1. The Morgan fingerprint density at radius 3 is 2.33 bits per heavy atom. The van der Waals surface area contributed by atoms with E-state index in [1.54, 1.807) is 25.1 Å². The number of benzene rings is 2. The molecule has 154 valence electrons. The molecular weight excluding hydrogens is 402 g/mol. The molecule has 0 radical (unpaired) electrons. The highest BCUT2D eigenvalue weighted by atomic mass is 32.2. The summed E-state index contributed by atoms with van der Waals surface area (Å²) in [6.45, 7) is 3.67. The maximum Gasteiger partial charge on any atom is 0.317 e. The number of esters is 1. The third-order valence-electron chi connectivity index (χ3n) is 5.34. The number of aromatic nitrogens is 1. The average Bonchev–Trinajstić information content (AvgIpc) is 3.29. The van der Waals surface area contributed by atoms with Crippen LogP contribution in [-0.4, -0.2) is 30.7 Å². The second-order valence-electron chi connectivity index (χ2n) is 7.22. The van der Waals surface area contributed by atoms with Gasteiger partial charge in [-0.2, -0.15) is 0 Å². The van der Waals surface area contributed by atoms with Gasteiger partial charge in [0.2, 0.25) is 0 Å². The Morgan fingerprint density at radius 2 is 1.70 bits per heavy atom. The topological polar surface area (TPSA) is 82.4 Å². The van der Waals surface area contributed by atoms with Crippen LogP contribution in [0.1, 0.15) is 40.0 Å². The molecule has 0 saturated carbocycles. The molecule has 0 spiro atoms. The predicted molar refractivity (Wildman–Crippen MR) is 111 cm³/mol. The second-order valence-corrected chi connectivity index (χ2v) is 9.03. The van der Waals surface area contributed by atoms with Crippen molar-refractivity contribution in [2.24, 2.45) is 5.92 Å². The number of nitrogens with zero attached hydrogens (tertiary/aromatic N) is 1. The first-order valence-corrected chi connectivity index (χ1v) is 11.1. The summed E-state index contributed by atoms with van der Waals surface area (Å²) >= 11 is 0. The summed E-state index contributed by atoms with van der Waals surface area (Å²) in [6, 6.07) is 17.2. The average molecular weight is 423 g/mol. The van der Waals surface area contributed by atoms with Crippen LogP contribution in [0.2, 0.25) is 0 Å². The van der Waals surface area contributed by atoms with Crippen molar-refractivity contribution in [1.82, 2.24) is 3.97 Å². The van der Waals surface area contributed by atoms with E-state index in [9.17, 15) is 18.0 Å². The molecule has 7 heteroatoms. The highest BCUT2D eigenvalue weighted by Gasteiger charge is 2.49. The first-order chi connectivity index (χ1) is 14.4. The van der Waals surface area contributed by atoms with Gasteiger partial charge in [-0.05, 0) is 43.2 Å². The molecule has 30 heavy (non-hydrogen) atoms. The summed E-state index contributed by atoms with van der Waals surface area (Å²) in [7, 11) is -3.99. The number of carbonyl (C=O) groups is 2. The summed E-state index contributed by atoms with van der Waals surface area (Å²) in [5.74, 6) is -2.90. The fraction of sp³-hybridized carbons (Fsp3) is 0.217. The Hall–Kier alpha value is -3.19. The molecule has 0 unspecified atom stereocenters. The molecule has 4 rings (SSSR count). The van der Waals surface area contributed by atoms with Crippen LogP contribution >= 0.6 is 0 Å². The normalized spacial score (nSPS) is 18.3. The van der Waals surface area contributed by atoms with Gasteiger partial charge in [0.05, 0.1) is 11.5 Å². The number of hydrogen-bond acceptors (Lipinski definition) is 5. The number of carbonyl (C=O) groups excluding carboxylic acids is 2. The summed E-state index contributed by atoms with van der Waals surface area (Å²) in [5.41, 5.74) is 2.21. The van der Waals surface area contributed by atoms with Gasteiger partial charge in [0, 0.05) is 12.1 Å². The Bertz CT molecular complexity index is 1210. The zero-order valence-electron chi connectivity index (χ0n) is 16.6. The Kier molecular flexibility index (Phi) is 5.07. The minimum atomic E-state index is -3.99. The third kappa shape index (κ3) is 3.15. The van der Waals surface area contributed by atoms with Gasteiger partial charge in [-0.15, -0.1) is 0 Å². The first-order valence-electron chi connectivity index (χ1n) is 9.65. The lowest BCUT2D eigenvalue weighted by molar-refractivity contribution is -0.146. The molecular formula is C23H21NO5S. The maximum absolute atomic E-state index is 13.3. The molecule has 6 nitrogen and oxygen atoms in total. The Balaban J connectivity index is 1.88. The maximum atomic E-state index is 13.3. The molecule has 0 amide bonds. The molecule has 0 saturated heterocycles. The lowest BCUT2D eigenvalue weighted by Crippen LogP contribution is -2.28. The lowest BCUT2D eigenvalue weighted by Gasteiger charge is -2.18. The number of aryl methyl sites for hydroxylation is 1. The van der Waals surface area contributed by atoms with Crippen molar-refractivity contribution in [3.63, 3.8) is 0 Å². The van der Waals surface area contributed by atoms with Crippen LogP contribution < -0.4 is 0 Å². The molecule has 0 bridgehead atoms. The van der Waals surface area contributed by atoms with Crippen molar-refractivity contribution in [2.75, 3.05) is 6.61 Å². The highest BCUT2D eigenvalue weighted by Crippen LogP contribution is 2.44. The summed E-state index contributed by atoms with van der Waals surface area (Å²) in [6.07, 6.45) is 1.38. The lowest BCUT2D eigenvalue weighted by atomic mass is 9.86. The summed E-state index contributed by atoms with van der Waals surface area (Å²) in [5, 5.41) is 0. The van der Waals surface area contributed by atoms with Gasteiger partial charge < -0.3 is 4.74 Å². The minimum Gasteiger partial charge on any atom is -0.465 e. The van der Waals surface area contributed by atoms with E-state index in [4.69, 9.17) is 4.74 Å². The van der Waals surface area contributed by atoms with E-state index < -0.39 is 33.6 Å². The van der Waals surface area contributed by atoms with Crippen LogP contribution in [0.3, 0.4) is 0 Å². The van der Waals surface area contributed by atoms with Crippen LogP contribution in [0.5, 0.6) is 0 Å². The van der Waals surface area contributed by atoms with Gasteiger partial charge in [0.1, 0.15) is 11.6 Å². The zero-order chi connectivity index (χ0) is 21.5. The van der Waals surface area contributed by atoms with Gasteiger partial charge in [-0.3, -0.25) is 9.59 Å². The van der Waals surface area contributed by atoms with E-state index in [0.29, 0.717) is 5.56 Å². The molecule has 0 aliphatic heterocycles. The van der Waals surface area contributed by atoms with Crippen molar-refractivity contribution >= 4 is 21.8 Å². The van der Waals surface area contributed by atoms with Crippen LogP contribution in [0.15, 0.2) is 71.8 Å². The predicted octanol–water partition coefficient (Wildman–Crippen LogP) is 3.54. The van der Waals surface area contributed by atoms with Crippen molar-refractivity contribution in [3.8, 4) is 0 Å². The monoisotopic (exact) mass is 423 g/mol. The molecule has 1 aromatic heterocycles. The molecule has 0 N–H and O–H groups in total. The van der Waals surface area contributed by atoms with E-state index in [1.165, 1.54) is 18.3 Å². The molecule has 1 aliphatic carbocycles. The number of ether oxygens (including phenoxy) is 1. The van der Waals surface area contributed by atoms with Gasteiger partial charge >= 0.3 is 5.97 Å². The quantitative estimate of drug-likeness (QED) is 0.463. The molecule has 2 atom stereocenters. The van der Waals surface area contributed by atoms with Crippen LogP contribution in [0.4, 0.5) is 0 Å². The molecule has 0 fully saturated rings. The first kappa shape index (κ1) is 20.1. The van der Waals surface area contributed by atoms with Gasteiger partial charge in [-0.25, -0.2) is 12.4 Å². The highest BCUT2D eigenvalue weighted by molar-refractivity contribution is 7.90. The Morgan fingerprint density at radius 1 is 1.03 bits per heavy atom. The Labute approximate surface area is 175 Å². The van der Waals surface area contributed by atoms with Crippen LogP contribution in [-0.2, 0) is 19.6 Å². The van der Waals surface area contributed by atoms with Gasteiger partial charge in [-0.1, -0.05) is 48.0 Å². The van der Waals surface area contributed by atoms with Gasteiger partial charge in [0.25, 0.3) is 10.0 Å². The molecule has 1 heterocycles. The van der Waals surface area contributed by atoms with E-state index in [-0.39, 0.29) is 17.2 Å². The number of Topliss-reactive ketones (excluding diaryl/α,β-unsaturated/α-hetero) is 1. The molecule has 1 aliphatic rings. The standard InChI is InChI=1S/C23H21NO5S/c1-3-29-23(26)20-19(16-7-5-4-6-8-16)18-13-14-24(21(18)22(20)25)30(27,28)17-11-9-15(2)10-12-17/h4-14,19-20H,3H2,1-2H3/t19-,20+/m0/s1. The number of hydrogen-bond donors (Lipinski definition) is 0. The fourth-order valence-electron chi connectivity index (χ4n) is 3.94. The number of ketones is 1. The van der Waals surface area contributed by atoms with E-state index in [0.717, 1.165) is 15.1 Å². The smallest absolute Gasteiger partial charge is 0.317 e. The van der Waals surface area contributed by atoms with Crippen molar-refractivity contribution in [2.45, 2.75) is 24.7 Å². The van der Waals surface area contributed by atoms with Crippen LogP contribution in [0, 0.1) is 12.8 Å². The molecule has 2 aromatic carbocycles. The minimum absolute atomic E-state index is 0.0162. The van der Waals surface area contributed by atoms with E-state index >= 15 is 0 Å². The van der Waals surface area contributed by atoms with Crippen molar-refractivity contribution in [3.05, 3.63) is 89.2 Å². The second kappa shape index (κ2) is 7.57. The fourth-order valence-corrected chi connectivity index (χ4v) is 5.30. The number of fused-ring (bicyclic) bond motifs is 1. The van der Waals surface area contributed by atoms with Gasteiger partial charge in [0.15, 0.2) is 5.78 Å². The largest absolute Gasteiger partial charge is 0.465 e. The summed E-state index contributed by atoms with van der Waals surface area (Å²) < 4.78 is 32.6. The van der Waals surface area contributed by atoms with Crippen molar-refractivity contribution < 1.29 is 22.7 Å². The van der Waals surface area contributed by atoms with Crippen molar-refractivity contribution in [1.29, 1.82) is 0 Å². The van der Waals surface area contributed by atoms with E-state index in [2.05, 4.69) is 0 Å². The number of rotatable bonds is 5. The third-order valence-corrected chi connectivity index (χ3v) is 7.03. The van der Waals surface area contributed by atoms with Crippen LogP contribution in [0.25, 0.3) is 0 Å². The van der Waals surface area contributed by atoms with E-state index in [1.807, 2.05) is 37.3 Å². The molecule has 3 aromatic rings. The zero-order valence-corrected chi connectivity index (χ0v) is 17.4. The summed E-state index contributed by atoms with van der Waals surface area (Å²) in [4.78, 5) is 26.1.